The predicted molar refractivity (Wildman–Crippen MR) is 79.4 cm³/mol. The molecule has 0 bridgehead atoms. The molecule has 1 unspecified atom stereocenters. The van der Waals surface area contributed by atoms with Gasteiger partial charge in [-0.3, -0.25) is 4.79 Å². The second-order valence-electron chi connectivity index (χ2n) is 5.38. The Labute approximate surface area is 116 Å². The van der Waals surface area contributed by atoms with Crippen LogP contribution in [0, 0.1) is 5.92 Å². The largest absolute Gasteiger partial charge is 0.373 e. The molecule has 2 N–H and O–H groups in total. The zero-order valence-electron chi connectivity index (χ0n) is 12.4. The SMILES string of the molecule is CNc1cc(C(=O)NC(C)CCCC(C)C)ccn1. The molecule has 1 rings (SSSR count). The highest BCUT2D eigenvalue weighted by atomic mass is 16.1. The topological polar surface area (TPSA) is 54.0 Å². The molecule has 0 saturated carbocycles. The molecule has 1 aromatic rings. The van der Waals surface area contributed by atoms with Gasteiger partial charge in [0.2, 0.25) is 0 Å². The first-order valence-corrected chi connectivity index (χ1v) is 6.97. The molecule has 1 aromatic heterocycles. The number of hydrogen-bond donors (Lipinski definition) is 2. The molecule has 1 amide bonds. The van der Waals surface area contributed by atoms with Gasteiger partial charge in [0.25, 0.3) is 5.91 Å². The van der Waals surface area contributed by atoms with E-state index in [1.54, 1.807) is 25.4 Å². The lowest BCUT2D eigenvalue weighted by Crippen LogP contribution is -2.32. The van der Waals surface area contributed by atoms with Crippen LogP contribution < -0.4 is 10.6 Å². The first-order chi connectivity index (χ1) is 9.02. The quantitative estimate of drug-likeness (QED) is 0.795. The van der Waals surface area contributed by atoms with Gasteiger partial charge in [-0.25, -0.2) is 4.98 Å². The van der Waals surface area contributed by atoms with Crippen molar-refractivity contribution < 1.29 is 4.79 Å². The summed E-state index contributed by atoms with van der Waals surface area (Å²) in [4.78, 5) is 16.2. The second-order valence-corrected chi connectivity index (χ2v) is 5.38. The summed E-state index contributed by atoms with van der Waals surface area (Å²) in [6, 6.07) is 3.70. The zero-order chi connectivity index (χ0) is 14.3. The van der Waals surface area contributed by atoms with Crippen molar-refractivity contribution in [1.29, 1.82) is 0 Å². The number of nitrogens with zero attached hydrogens (tertiary/aromatic N) is 1. The van der Waals surface area contributed by atoms with Crippen LogP contribution in [-0.2, 0) is 0 Å². The average Bonchev–Trinajstić information content (AvgIpc) is 2.38. The van der Waals surface area contributed by atoms with Gasteiger partial charge in [-0.2, -0.15) is 0 Å². The van der Waals surface area contributed by atoms with E-state index in [4.69, 9.17) is 0 Å². The molecule has 0 aliphatic rings. The number of amides is 1. The number of aromatic nitrogens is 1. The first kappa shape index (κ1) is 15.5. The molecule has 0 aromatic carbocycles. The van der Waals surface area contributed by atoms with Gasteiger partial charge >= 0.3 is 0 Å². The molecule has 19 heavy (non-hydrogen) atoms. The Hall–Kier alpha value is -1.58. The summed E-state index contributed by atoms with van der Waals surface area (Å²) >= 11 is 0. The van der Waals surface area contributed by atoms with Crippen LogP contribution in [-0.4, -0.2) is 24.0 Å². The van der Waals surface area contributed by atoms with Gasteiger partial charge in [-0.1, -0.05) is 26.7 Å². The van der Waals surface area contributed by atoms with Gasteiger partial charge in [0, 0.05) is 24.8 Å². The Balaban J connectivity index is 2.45. The highest BCUT2D eigenvalue weighted by Gasteiger charge is 2.10. The molecule has 0 aliphatic heterocycles. The maximum absolute atomic E-state index is 12.1. The Morgan fingerprint density at radius 2 is 2.05 bits per heavy atom. The van der Waals surface area contributed by atoms with E-state index in [-0.39, 0.29) is 11.9 Å². The molecule has 0 spiro atoms. The fourth-order valence-electron chi connectivity index (χ4n) is 1.92. The van der Waals surface area contributed by atoms with Gasteiger partial charge < -0.3 is 10.6 Å². The molecule has 0 aliphatic carbocycles. The van der Waals surface area contributed by atoms with Crippen LogP contribution in [0.2, 0.25) is 0 Å². The van der Waals surface area contributed by atoms with Crippen LogP contribution in [0.15, 0.2) is 18.3 Å². The lowest BCUT2D eigenvalue weighted by atomic mass is 10.0. The second kappa shape index (κ2) is 7.77. The highest BCUT2D eigenvalue weighted by molar-refractivity contribution is 5.94. The molecule has 0 radical (unpaired) electrons. The molecular weight excluding hydrogens is 238 g/mol. The number of carbonyl (C=O) groups excluding carboxylic acids is 1. The Bertz CT molecular complexity index is 404. The fourth-order valence-corrected chi connectivity index (χ4v) is 1.92. The third kappa shape index (κ3) is 5.73. The first-order valence-electron chi connectivity index (χ1n) is 6.97. The molecule has 1 heterocycles. The van der Waals surface area contributed by atoms with Crippen molar-refractivity contribution in [3.05, 3.63) is 23.9 Å². The van der Waals surface area contributed by atoms with E-state index in [1.165, 1.54) is 6.42 Å². The molecule has 4 heteroatoms. The third-order valence-corrected chi connectivity index (χ3v) is 3.07. The summed E-state index contributed by atoms with van der Waals surface area (Å²) in [5.41, 5.74) is 0.648. The van der Waals surface area contributed by atoms with E-state index in [9.17, 15) is 4.79 Å². The van der Waals surface area contributed by atoms with Gasteiger partial charge in [-0.05, 0) is 31.4 Å². The van der Waals surface area contributed by atoms with E-state index in [2.05, 4.69) is 36.4 Å². The summed E-state index contributed by atoms with van der Waals surface area (Å²) in [6.45, 7) is 6.50. The number of anilines is 1. The van der Waals surface area contributed by atoms with Gasteiger partial charge in [0.05, 0.1) is 0 Å². The van der Waals surface area contributed by atoms with Gasteiger partial charge in [-0.15, -0.1) is 0 Å². The fraction of sp³-hybridized carbons (Fsp3) is 0.600. The maximum Gasteiger partial charge on any atom is 0.251 e. The van der Waals surface area contributed by atoms with Crippen molar-refractivity contribution in [1.82, 2.24) is 10.3 Å². The Morgan fingerprint density at radius 1 is 1.32 bits per heavy atom. The van der Waals surface area contributed by atoms with Crippen molar-refractivity contribution in [2.24, 2.45) is 5.92 Å². The van der Waals surface area contributed by atoms with Crippen molar-refractivity contribution in [2.75, 3.05) is 12.4 Å². The standard InChI is InChI=1S/C15H25N3O/c1-11(2)6-5-7-12(3)18-15(19)13-8-9-17-14(10-13)16-4/h8-12H,5-7H2,1-4H3,(H,16,17)(H,18,19). The maximum atomic E-state index is 12.1. The Morgan fingerprint density at radius 3 is 2.68 bits per heavy atom. The predicted octanol–water partition coefficient (Wildman–Crippen LogP) is 3.07. The van der Waals surface area contributed by atoms with Crippen LogP contribution in [0.3, 0.4) is 0 Å². The summed E-state index contributed by atoms with van der Waals surface area (Å²) < 4.78 is 0. The number of rotatable bonds is 7. The Kier molecular flexibility index (Phi) is 6.33. The van der Waals surface area contributed by atoms with Crippen molar-refractivity contribution in [2.45, 2.75) is 46.1 Å². The summed E-state index contributed by atoms with van der Waals surface area (Å²) in [5, 5.41) is 5.96. The zero-order valence-corrected chi connectivity index (χ0v) is 12.4. The van der Waals surface area contributed by atoms with Crippen molar-refractivity contribution >= 4 is 11.7 Å². The van der Waals surface area contributed by atoms with Crippen LogP contribution in [0.5, 0.6) is 0 Å². The number of nitrogens with one attached hydrogen (secondary N) is 2. The lowest BCUT2D eigenvalue weighted by Gasteiger charge is -2.14. The summed E-state index contributed by atoms with van der Waals surface area (Å²) in [7, 11) is 1.79. The lowest BCUT2D eigenvalue weighted by molar-refractivity contribution is 0.0937. The van der Waals surface area contributed by atoms with Crippen LogP contribution >= 0.6 is 0 Å². The van der Waals surface area contributed by atoms with Crippen LogP contribution in [0.1, 0.15) is 50.4 Å². The van der Waals surface area contributed by atoms with Crippen LogP contribution in [0.25, 0.3) is 0 Å². The van der Waals surface area contributed by atoms with E-state index < -0.39 is 0 Å². The van der Waals surface area contributed by atoms with E-state index in [0.717, 1.165) is 18.8 Å². The minimum absolute atomic E-state index is 0.0315. The molecule has 106 valence electrons. The van der Waals surface area contributed by atoms with Crippen molar-refractivity contribution in [3.63, 3.8) is 0 Å². The minimum atomic E-state index is -0.0315. The number of hydrogen-bond acceptors (Lipinski definition) is 3. The van der Waals surface area contributed by atoms with E-state index in [0.29, 0.717) is 11.4 Å². The molecule has 4 nitrogen and oxygen atoms in total. The molecule has 1 atom stereocenters. The summed E-state index contributed by atoms with van der Waals surface area (Å²) in [6.07, 6.45) is 5.02. The monoisotopic (exact) mass is 263 g/mol. The third-order valence-electron chi connectivity index (χ3n) is 3.07. The van der Waals surface area contributed by atoms with Gasteiger partial charge in [0.1, 0.15) is 5.82 Å². The number of pyridine rings is 1. The number of carbonyl (C=O) groups is 1. The molecule has 0 saturated heterocycles. The highest BCUT2D eigenvalue weighted by Crippen LogP contribution is 2.10. The average molecular weight is 263 g/mol. The normalized spacial score (nSPS) is 12.3. The smallest absolute Gasteiger partial charge is 0.251 e. The van der Waals surface area contributed by atoms with E-state index in [1.807, 2.05) is 0 Å². The molecular formula is C15H25N3O. The van der Waals surface area contributed by atoms with Crippen molar-refractivity contribution in [3.8, 4) is 0 Å². The summed E-state index contributed by atoms with van der Waals surface area (Å²) in [5.74, 6) is 1.40. The minimum Gasteiger partial charge on any atom is -0.373 e. The molecule has 0 fully saturated rings. The van der Waals surface area contributed by atoms with Crippen LogP contribution in [0.4, 0.5) is 5.82 Å². The van der Waals surface area contributed by atoms with E-state index >= 15 is 0 Å². The van der Waals surface area contributed by atoms with Gasteiger partial charge in [0.15, 0.2) is 0 Å².